The molecule has 0 aromatic rings. The smallest absolute Gasteiger partial charge is 0.330 e. The highest BCUT2D eigenvalue weighted by Crippen LogP contribution is 2.36. The van der Waals surface area contributed by atoms with E-state index in [1.807, 2.05) is 0 Å². The summed E-state index contributed by atoms with van der Waals surface area (Å²) in [7, 11) is -1.70. The Bertz CT molecular complexity index is 228. The zero-order chi connectivity index (χ0) is 12.1. The molecule has 0 aromatic heterocycles. The van der Waals surface area contributed by atoms with Gasteiger partial charge in [0, 0.05) is 6.08 Å². The summed E-state index contributed by atoms with van der Waals surface area (Å²) in [4.78, 5) is 10.7. The Balaban J connectivity index is 3.86. The van der Waals surface area contributed by atoms with E-state index in [1.165, 1.54) is 0 Å². The van der Waals surface area contributed by atoms with Crippen LogP contribution in [0.2, 0.25) is 18.1 Å². The lowest BCUT2D eigenvalue weighted by atomic mass is 10.2. The summed E-state index contributed by atoms with van der Waals surface area (Å²) in [6.07, 6.45) is 1.16. The maximum absolute atomic E-state index is 10.7. The van der Waals surface area contributed by atoms with Gasteiger partial charge in [-0.1, -0.05) is 27.4 Å². The molecule has 0 atom stereocenters. The van der Waals surface area contributed by atoms with Crippen LogP contribution in [0.5, 0.6) is 0 Å². The van der Waals surface area contributed by atoms with Crippen LogP contribution in [0.3, 0.4) is 0 Å². The molecule has 15 heavy (non-hydrogen) atoms. The van der Waals surface area contributed by atoms with Crippen molar-refractivity contribution in [1.82, 2.24) is 0 Å². The number of hydrogen-bond donors (Lipinski definition) is 0. The topological polar surface area (TPSA) is 35.5 Å². The second-order valence-electron chi connectivity index (χ2n) is 4.98. The highest BCUT2D eigenvalue weighted by Gasteiger charge is 2.36. The fourth-order valence-electron chi connectivity index (χ4n) is 0.715. The molecule has 4 heteroatoms. The van der Waals surface area contributed by atoms with Crippen LogP contribution >= 0.6 is 0 Å². The molecule has 0 saturated heterocycles. The average molecular weight is 230 g/mol. The number of esters is 1. The van der Waals surface area contributed by atoms with E-state index in [-0.39, 0.29) is 5.04 Å². The Morgan fingerprint density at radius 2 is 1.87 bits per heavy atom. The average Bonchev–Trinajstić information content (AvgIpc) is 2.10. The molecule has 0 rings (SSSR count). The molecule has 0 unspecified atom stereocenters. The minimum Gasteiger partial charge on any atom is -0.460 e. The lowest BCUT2D eigenvalue weighted by molar-refractivity contribution is -0.138. The van der Waals surface area contributed by atoms with Gasteiger partial charge in [-0.25, -0.2) is 4.79 Å². The Hall–Kier alpha value is -0.613. The minimum absolute atomic E-state index is 0.190. The van der Waals surface area contributed by atoms with Crippen LogP contribution in [-0.2, 0) is 14.0 Å². The third kappa shape index (κ3) is 5.13. The van der Waals surface area contributed by atoms with Crippen LogP contribution < -0.4 is 0 Å². The van der Waals surface area contributed by atoms with Gasteiger partial charge in [0.1, 0.15) is 6.61 Å². The molecule has 0 aliphatic rings. The zero-order valence-corrected chi connectivity index (χ0v) is 11.4. The first kappa shape index (κ1) is 14.4. The van der Waals surface area contributed by atoms with Crippen molar-refractivity contribution in [3.63, 3.8) is 0 Å². The Morgan fingerprint density at radius 3 is 2.27 bits per heavy atom. The Kier molecular flexibility index (Phi) is 5.24. The fraction of sp³-hybridized carbons (Fsp3) is 0.727. The predicted octanol–water partition coefficient (Wildman–Crippen LogP) is 2.74. The van der Waals surface area contributed by atoms with Crippen molar-refractivity contribution >= 4 is 14.3 Å². The molecule has 0 fully saturated rings. The van der Waals surface area contributed by atoms with Gasteiger partial charge in [0.05, 0.1) is 6.61 Å². The molecule has 0 bridgehead atoms. The first-order valence-electron chi connectivity index (χ1n) is 5.14. The Labute approximate surface area is 93.6 Å². The maximum atomic E-state index is 10.7. The normalized spacial score (nSPS) is 12.3. The number of carbonyl (C=O) groups is 1. The van der Waals surface area contributed by atoms with Gasteiger partial charge in [-0.2, -0.15) is 0 Å². The van der Waals surface area contributed by atoms with E-state index in [1.54, 1.807) is 0 Å². The van der Waals surface area contributed by atoms with E-state index in [2.05, 4.69) is 40.4 Å². The molecule has 0 N–H and O–H groups in total. The maximum Gasteiger partial charge on any atom is 0.330 e. The molecule has 0 aliphatic heterocycles. The summed E-state index contributed by atoms with van der Waals surface area (Å²) in [5.74, 6) is -0.395. The van der Waals surface area contributed by atoms with Crippen LogP contribution in [0, 0.1) is 0 Å². The van der Waals surface area contributed by atoms with Crippen molar-refractivity contribution in [2.45, 2.75) is 38.9 Å². The van der Waals surface area contributed by atoms with Gasteiger partial charge in [0.25, 0.3) is 0 Å². The van der Waals surface area contributed by atoms with Gasteiger partial charge in [0.2, 0.25) is 0 Å². The molecule has 0 aromatic carbocycles. The van der Waals surface area contributed by atoms with Gasteiger partial charge in [0.15, 0.2) is 8.32 Å². The molecule has 0 spiro atoms. The van der Waals surface area contributed by atoms with Crippen molar-refractivity contribution in [3.8, 4) is 0 Å². The molecule has 0 radical (unpaired) electrons. The van der Waals surface area contributed by atoms with Gasteiger partial charge in [-0.05, 0) is 18.1 Å². The summed E-state index contributed by atoms with van der Waals surface area (Å²) in [5.41, 5.74) is 0. The first-order valence-corrected chi connectivity index (χ1v) is 8.04. The number of ether oxygens (including phenoxy) is 1. The van der Waals surface area contributed by atoms with Crippen LogP contribution in [-0.4, -0.2) is 27.5 Å². The van der Waals surface area contributed by atoms with E-state index in [9.17, 15) is 4.79 Å². The van der Waals surface area contributed by atoms with Gasteiger partial charge >= 0.3 is 5.97 Å². The molecule has 0 amide bonds. The second-order valence-corrected chi connectivity index (χ2v) is 9.79. The molecule has 0 heterocycles. The van der Waals surface area contributed by atoms with E-state index in [0.29, 0.717) is 13.2 Å². The summed E-state index contributed by atoms with van der Waals surface area (Å²) in [6.45, 7) is 15.0. The van der Waals surface area contributed by atoms with Crippen LogP contribution in [0.4, 0.5) is 0 Å². The number of carbonyl (C=O) groups excluding carboxylic acids is 1. The molecule has 88 valence electrons. The monoisotopic (exact) mass is 230 g/mol. The third-order valence-corrected chi connectivity index (χ3v) is 7.30. The second kappa shape index (κ2) is 5.46. The number of rotatable bonds is 5. The first-order chi connectivity index (χ1) is 6.70. The third-order valence-electron chi connectivity index (χ3n) is 2.76. The lowest BCUT2D eigenvalue weighted by Gasteiger charge is -2.36. The van der Waals surface area contributed by atoms with Crippen LogP contribution in [0.1, 0.15) is 20.8 Å². The highest BCUT2D eigenvalue weighted by molar-refractivity contribution is 6.74. The molecule has 3 nitrogen and oxygen atoms in total. The SMILES string of the molecule is C=CC(=O)OCCO[Si](C)(C)C(C)(C)C. The Morgan fingerprint density at radius 1 is 1.33 bits per heavy atom. The van der Waals surface area contributed by atoms with Crippen molar-refractivity contribution in [3.05, 3.63) is 12.7 Å². The molecular formula is C11H22O3Si. The van der Waals surface area contributed by atoms with E-state index in [4.69, 9.17) is 9.16 Å². The molecule has 0 saturated carbocycles. The molecule has 0 aliphatic carbocycles. The predicted molar refractivity (Wildman–Crippen MR) is 64.3 cm³/mol. The van der Waals surface area contributed by atoms with Crippen LogP contribution in [0.15, 0.2) is 12.7 Å². The van der Waals surface area contributed by atoms with Crippen molar-refractivity contribution in [2.75, 3.05) is 13.2 Å². The highest BCUT2D eigenvalue weighted by atomic mass is 28.4. The van der Waals surface area contributed by atoms with Crippen molar-refractivity contribution in [2.24, 2.45) is 0 Å². The fourth-order valence-corrected chi connectivity index (χ4v) is 1.74. The minimum atomic E-state index is -1.70. The summed E-state index contributed by atoms with van der Waals surface area (Å²) < 4.78 is 10.7. The largest absolute Gasteiger partial charge is 0.460 e. The zero-order valence-electron chi connectivity index (χ0n) is 10.4. The quantitative estimate of drug-likeness (QED) is 0.315. The summed E-state index contributed by atoms with van der Waals surface area (Å²) >= 11 is 0. The van der Waals surface area contributed by atoms with Crippen molar-refractivity contribution in [1.29, 1.82) is 0 Å². The number of hydrogen-bond acceptors (Lipinski definition) is 3. The van der Waals surface area contributed by atoms with E-state index < -0.39 is 14.3 Å². The summed E-state index contributed by atoms with van der Waals surface area (Å²) in [5, 5.41) is 0.190. The van der Waals surface area contributed by atoms with Crippen LogP contribution in [0.25, 0.3) is 0 Å². The van der Waals surface area contributed by atoms with E-state index >= 15 is 0 Å². The summed E-state index contributed by atoms with van der Waals surface area (Å²) in [6, 6.07) is 0. The van der Waals surface area contributed by atoms with Gasteiger partial charge in [-0.15, -0.1) is 0 Å². The van der Waals surface area contributed by atoms with Gasteiger partial charge < -0.3 is 9.16 Å². The van der Waals surface area contributed by atoms with E-state index in [0.717, 1.165) is 6.08 Å². The standard InChI is InChI=1S/C11H22O3Si/c1-7-10(12)13-8-9-14-15(5,6)11(2,3)4/h7H,1,8-9H2,2-6H3. The molecular weight excluding hydrogens is 208 g/mol. The lowest BCUT2D eigenvalue weighted by Crippen LogP contribution is -2.41. The van der Waals surface area contributed by atoms with Crippen molar-refractivity contribution < 1.29 is 14.0 Å². The van der Waals surface area contributed by atoms with Gasteiger partial charge in [-0.3, -0.25) is 0 Å².